The molecule has 0 aliphatic carbocycles. The number of benzene rings is 5. The van der Waals surface area contributed by atoms with E-state index >= 15 is 0 Å². The molecule has 0 amide bonds. The molecule has 0 saturated heterocycles. The Hall–Kier alpha value is -5.73. The molecule has 0 saturated carbocycles. The van der Waals surface area contributed by atoms with E-state index in [2.05, 4.69) is 20.5 Å². The van der Waals surface area contributed by atoms with Gasteiger partial charge in [-0.1, -0.05) is 23.8 Å². The molecule has 14 heteroatoms. The largest absolute Gasteiger partial charge is 0.505 e. The molecule has 0 aromatic heterocycles. The number of carboxylic acid groups (broad SMARTS) is 2. The summed E-state index contributed by atoms with van der Waals surface area (Å²) in [6, 6.07) is 17.1. The first-order valence-electron chi connectivity index (χ1n) is 12.3. The third-order valence-electron chi connectivity index (χ3n) is 6.48. The minimum atomic E-state index is -4.87. The van der Waals surface area contributed by atoms with Crippen LogP contribution in [0.15, 0.2) is 98.1 Å². The van der Waals surface area contributed by atoms with Crippen LogP contribution in [0, 0.1) is 6.92 Å². The van der Waals surface area contributed by atoms with E-state index in [0.717, 1.165) is 11.6 Å². The molecule has 0 heterocycles. The summed E-state index contributed by atoms with van der Waals surface area (Å²) in [4.78, 5) is 22.7. The van der Waals surface area contributed by atoms with Gasteiger partial charge >= 0.3 is 11.9 Å². The zero-order valence-corrected chi connectivity index (χ0v) is 22.9. The molecule has 6 N–H and O–H groups in total. The average molecular weight is 600 g/mol. The Balaban J connectivity index is 1.68. The number of anilines is 1. The molecule has 13 nitrogen and oxygen atoms in total. The van der Waals surface area contributed by atoms with E-state index < -0.39 is 38.4 Å². The topological polar surface area (TPSA) is 225 Å². The lowest BCUT2D eigenvalue weighted by Crippen LogP contribution is -1.99. The molecule has 0 aliphatic heterocycles. The van der Waals surface area contributed by atoms with Crippen LogP contribution < -0.4 is 5.73 Å². The van der Waals surface area contributed by atoms with Crippen molar-refractivity contribution < 1.29 is 37.9 Å². The van der Waals surface area contributed by atoms with Crippen LogP contribution in [-0.2, 0) is 10.1 Å². The van der Waals surface area contributed by atoms with Crippen molar-refractivity contribution in [3.8, 4) is 5.75 Å². The second-order valence-corrected chi connectivity index (χ2v) is 10.8. The van der Waals surface area contributed by atoms with Crippen LogP contribution in [0.1, 0.15) is 26.3 Å². The zero-order valence-electron chi connectivity index (χ0n) is 22.1. The van der Waals surface area contributed by atoms with Crippen molar-refractivity contribution in [1.82, 2.24) is 0 Å². The lowest BCUT2D eigenvalue weighted by atomic mass is 10.0. The van der Waals surface area contributed by atoms with Crippen molar-refractivity contribution >= 4 is 72.0 Å². The molecule has 43 heavy (non-hydrogen) atoms. The van der Waals surface area contributed by atoms with E-state index in [-0.39, 0.29) is 50.0 Å². The van der Waals surface area contributed by atoms with Gasteiger partial charge in [0.2, 0.25) is 0 Å². The van der Waals surface area contributed by atoms with Gasteiger partial charge in [0.1, 0.15) is 16.3 Å². The molecule has 0 fully saturated rings. The fraction of sp³-hybridized carbons (Fsp3) is 0.0345. The minimum Gasteiger partial charge on any atom is -0.505 e. The van der Waals surface area contributed by atoms with E-state index in [4.69, 9.17) is 5.73 Å². The fourth-order valence-electron chi connectivity index (χ4n) is 4.40. The second kappa shape index (κ2) is 10.9. The van der Waals surface area contributed by atoms with Crippen molar-refractivity contribution in [2.45, 2.75) is 11.8 Å². The molecule has 0 spiro atoms. The molecule has 5 aromatic carbocycles. The second-order valence-electron chi connectivity index (χ2n) is 9.42. The summed E-state index contributed by atoms with van der Waals surface area (Å²) in [6.07, 6.45) is 0. The lowest BCUT2D eigenvalue weighted by molar-refractivity contribution is 0.0686. The Morgan fingerprint density at radius 3 is 2.05 bits per heavy atom. The van der Waals surface area contributed by atoms with Crippen molar-refractivity contribution in [1.29, 1.82) is 0 Å². The van der Waals surface area contributed by atoms with E-state index in [9.17, 15) is 37.9 Å². The Morgan fingerprint density at radius 1 is 0.721 bits per heavy atom. The number of carbonyl (C=O) groups is 2. The van der Waals surface area contributed by atoms with Crippen LogP contribution >= 0.6 is 0 Å². The highest BCUT2D eigenvalue weighted by Gasteiger charge is 2.22. The first-order valence-corrected chi connectivity index (χ1v) is 13.8. The number of carboxylic acids is 2. The first kappa shape index (κ1) is 28.8. The lowest BCUT2D eigenvalue weighted by Gasteiger charge is -2.10. The average Bonchev–Trinajstić information content (AvgIpc) is 2.95. The van der Waals surface area contributed by atoms with Gasteiger partial charge in [0.15, 0.2) is 5.75 Å². The number of phenols is 1. The third kappa shape index (κ3) is 5.72. The normalized spacial score (nSPS) is 12.0. The minimum absolute atomic E-state index is 0.0572. The Morgan fingerprint density at radius 2 is 1.37 bits per heavy atom. The summed E-state index contributed by atoms with van der Waals surface area (Å²) in [5.74, 6) is -3.02. The van der Waals surface area contributed by atoms with Crippen LogP contribution in [0.5, 0.6) is 5.75 Å². The summed E-state index contributed by atoms with van der Waals surface area (Å²) < 4.78 is 34.2. The Labute approximate surface area is 243 Å². The number of nitrogen functional groups attached to an aromatic ring is 1. The van der Waals surface area contributed by atoms with E-state index in [1.165, 1.54) is 60.7 Å². The highest BCUT2D eigenvalue weighted by Crippen LogP contribution is 2.43. The number of rotatable bonds is 7. The molecule has 0 aliphatic rings. The molecule has 0 radical (unpaired) electrons. The fourth-order valence-corrected chi connectivity index (χ4v) is 5.05. The molecule has 216 valence electrons. The standard InChI is InChI=1S/C29H21N5O8S/c1-14-2-7-24(21(10-14)29(38)39)32-31-22-8-9-23(20-11-16(28(36)37)4-6-18(20)22)33-34-26-25(43(40,41)42)12-15-3-5-17(30)13-19(15)27(26)35/h2-13,35H,30H2,1H3,(H,36,37)(H,38,39)(H,40,41,42)/b32-31+,34-33+. The third-order valence-corrected chi connectivity index (χ3v) is 7.34. The van der Waals surface area contributed by atoms with Crippen molar-refractivity contribution in [2.24, 2.45) is 20.5 Å². The predicted molar refractivity (Wildman–Crippen MR) is 157 cm³/mol. The maximum atomic E-state index is 12.2. The predicted octanol–water partition coefficient (Wildman–Crippen LogP) is 7.06. The maximum Gasteiger partial charge on any atom is 0.337 e. The smallest absolute Gasteiger partial charge is 0.337 e. The zero-order chi connectivity index (χ0) is 31.1. The molecule has 0 bridgehead atoms. The molecule has 0 atom stereocenters. The van der Waals surface area contributed by atoms with Gasteiger partial charge < -0.3 is 21.1 Å². The maximum absolute atomic E-state index is 12.2. The van der Waals surface area contributed by atoms with Crippen LogP contribution in [0.4, 0.5) is 28.4 Å². The number of aromatic carboxylic acids is 2. The molecular formula is C29H21N5O8S. The highest BCUT2D eigenvalue weighted by atomic mass is 32.2. The van der Waals surface area contributed by atoms with Crippen LogP contribution in [0.3, 0.4) is 0 Å². The SMILES string of the molecule is Cc1ccc(/N=N/c2ccc(/N=N/c3c(S(=O)(=O)O)cc4ccc(N)cc4c3O)c3cc(C(=O)O)ccc23)c(C(=O)O)c1. The quantitative estimate of drug-likeness (QED) is 0.0731. The van der Waals surface area contributed by atoms with E-state index in [1.807, 2.05) is 0 Å². The summed E-state index contributed by atoms with van der Waals surface area (Å²) in [7, 11) is -4.87. The highest BCUT2D eigenvalue weighted by molar-refractivity contribution is 7.86. The summed E-state index contributed by atoms with van der Waals surface area (Å²) in [6.45, 7) is 1.74. The van der Waals surface area contributed by atoms with Crippen LogP contribution in [0.25, 0.3) is 21.5 Å². The van der Waals surface area contributed by atoms with Gasteiger partial charge in [0.05, 0.1) is 22.5 Å². The number of fused-ring (bicyclic) bond motifs is 2. The molecule has 0 unspecified atom stereocenters. The summed E-state index contributed by atoms with van der Waals surface area (Å²) >= 11 is 0. The van der Waals surface area contributed by atoms with Crippen LogP contribution in [0.2, 0.25) is 0 Å². The van der Waals surface area contributed by atoms with Gasteiger partial charge in [-0.25, -0.2) is 9.59 Å². The molecule has 5 aromatic rings. The van der Waals surface area contributed by atoms with Crippen molar-refractivity contribution in [3.05, 3.63) is 89.5 Å². The first-order chi connectivity index (χ1) is 20.3. The van der Waals surface area contributed by atoms with Crippen LogP contribution in [-0.4, -0.2) is 40.2 Å². The van der Waals surface area contributed by atoms with Gasteiger partial charge in [-0.2, -0.15) is 8.42 Å². The number of hydrogen-bond acceptors (Lipinski definition) is 10. The van der Waals surface area contributed by atoms with Gasteiger partial charge in [-0.3, -0.25) is 4.55 Å². The number of aryl methyl sites for hydroxylation is 1. The van der Waals surface area contributed by atoms with Gasteiger partial charge in [-0.15, -0.1) is 20.5 Å². The van der Waals surface area contributed by atoms with Gasteiger partial charge in [-0.05, 0) is 66.9 Å². The van der Waals surface area contributed by atoms with E-state index in [0.29, 0.717) is 5.39 Å². The summed E-state index contributed by atoms with van der Waals surface area (Å²) in [5.41, 5.74) is 6.49. The molecular weight excluding hydrogens is 578 g/mol. The van der Waals surface area contributed by atoms with Gasteiger partial charge in [0, 0.05) is 21.8 Å². The number of hydrogen-bond donors (Lipinski definition) is 5. The molecule has 5 rings (SSSR count). The Bertz CT molecular complexity index is 2160. The van der Waals surface area contributed by atoms with Crippen molar-refractivity contribution in [2.75, 3.05) is 5.73 Å². The van der Waals surface area contributed by atoms with E-state index in [1.54, 1.807) is 13.0 Å². The number of nitrogens with two attached hydrogens (primary N) is 1. The number of nitrogens with zero attached hydrogens (tertiary/aromatic N) is 4. The number of phenolic OH excluding ortho intramolecular Hbond substituents is 1. The number of aromatic hydroxyl groups is 1. The van der Waals surface area contributed by atoms with Gasteiger partial charge in [0.25, 0.3) is 10.1 Å². The van der Waals surface area contributed by atoms with Crippen molar-refractivity contribution in [3.63, 3.8) is 0 Å². The number of azo groups is 2. The Kier molecular flexibility index (Phi) is 7.31. The summed E-state index contributed by atoms with van der Waals surface area (Å²) in [5, 5.41) is 47.3. The monoisotopic (exact) mass is 599 g/mol.